The number of methoxy groups -OCH3 is 1. The SMILES string of the molecule is CCO[C@H]1C[C@H](Nc2ncc3c(-c4ccc5nc(C)n(CCOC)c5n4)ccn3n2)C1. The summed E-state index contributed by atoms with van der Waals surface area (Å²) in [7, 11) is 1.70. The molecule has 0 aliphatic heterocycles. The Morgan fingerprint density at radius 2 is 2.06 bits per heavy atom. The monoisotopic (exact) mass is 421 g/mol. The van der Waals surface area contributed by atoms with E-state index in [2.05, 4.69) is 25.0 Å². The van der Waals surface area contributed by atoms with Gasteiger partial charge in [-0.2, -0.15) is 0 Å². The van der Waals surface area contributed by atoms with Gasteiger partial charge in [0.15, 0.2) is 5.65 Å². The molecule has 1 aliphatic rings. The van der Waals surface area contributed by atoms with Crippen molar-refractivity contribution in [3.63, 3.8) is 0 Å². The summed E-state index contributed by atoms with van der Waals surface area (Å²) < 4.78 is 14.8. The highest BCUT2D eigenvalue weighted by molar-refractivity contribution is 5.82. The molecular formula is C22H27N7O2. The van der Waals surface area contributed by atoms with Gasteiger partial charge in [-0.05, 0) is 44.9 Å². The van der Waals surface area contributed by atoms with Crippen LogP contribution in [0.25, 0.3) is 27.9 Å². The first-order valence-electron chi connectivity index (χ1n) is 10.7. The summed E-state index contributed by atoms with van der Waals surface area (Å²) in [6.07, 6.45) is 6.13. The number of hydrogen-bond donors (Lipinski definition) is 1. The van der Waals surface area contributed by atoms with E-state index in [0.29, 0.717) is 24.7 Å². The number of aryl methyl sites for hydroxylation is 1. The second-order valence-corrected chi connectivity index (χ2v) is 7.87. The molecule has 9 nitrogen and oxygen atoms in total. The first-order chi connectivity index (χ1) is 15.2. The minimum absolute atomic E-state index is 0.353. The van der Waals surface area contributed by atoms with Gasteiger partial charge in [0.05, 0.1) is 30.1 Å². The van der Waals surface area contributed by atoms with E-state index in [1.54, 1.807) is 7.11 Å². The van der Waals surface area contributed by atoms with E-state index in [-0.39, 0.29) is 0 Å². The molecule has 4 aromatic rings. The predicted octanol–water partition coefficient (Wildman–Crippen LogP) is 3.08. The molecule has 162 valence electrons. The summed E-state index contributed by atoms with van der Waals surface area (Å²) in [5, 5.41) is 8.03. The molecule has 5 rings (SSSR count). The van der Waals surface area contributed by atoms with E-state index in [1.807, 2.05) is 49.0 Å². The second-order valence-electron chi connectivity index (χ2n) is 7.87. The van der Waals surface area contributed by atoms with Crippen LogP contribution in [0.1, 0.15) is 25.6 Å². The zero-order valence-electron chi connectivity index (χ0n) is 18.1. The molecule has 9 heteroatoms. The number of aromatic nitrogens is 6. The molecule has 1 fully saturated rings. The summed E-state index contributed by atoms with van der Waals surface area (Å²) in [5.74, 6) is 1.56. The molecular weight excluding hydrogens is 394 g/mol. The smallest absolute Gasteiger partial charge is 0.241 e. The molecule has 0 unspecified atom stereocenters. The lowest BCUT2D eigenvalue weighted by Gasteiger charge is -2.35. The average molecular weight is 422 g/mol. The van der Waals surface area contributed by atoms with E-state index in [4.69, 9.17) is 14.5 Å². The fraction of sp³-hybridized carbons (Fsp3) is 0.455. The highest BCUT2D eigenvalue weighted by Gasteiger charge is 2.30. The highest BCUT2D eigenvalue weighted by Crippen LogP contribution is 2.28. The Bertz CT molecular complexity index is 1210. The number of nitrogens with one attached hydrogen (secondary N) is 1. The van der Waals surface area contributed by atoms with E-state index in [0.717, 1.165) is 59.8 Å². The van der Waals surface area contributed by atoms with Crippen LogP contribution in [0.5, 0.6) is 0 Å². The number of rotatable bonds is 8. The van der Waals surface area contributed by atoms with Crippen molar-refractivity contribution in [3.05, 3.63) is 36.4 Å². The number of nitrogens with zero attached hydrogens (tertiary/aromatic N) is 6. The van der Waals surface area contributed by atoms with Crippen molar-refractivity contribution in [2.75, 3.05) is 25.6 Å². The molecule has 1 aliphatic carbocycles. The number of fused-ring (bicyclic) bond motifs is 2. The van der Waals surface area contributed by atoms with Crippen LogP contribution in [-0.4, -0.2) is 61.6 Å². The second kappa shape index (κ2) is 8.24. The van der Waals surface area contributed by atoms with E-state index >= 15 is 0 Å². The molecule has 1 saturated carbocycles. The zero-order chi connectivity index (χ0) is 21.4. The van der Waals surface area contributed by atoms with E-state index in [1.165, 1.54) is 0 Å². The molecule has 0 radical (unpaired) electrons. The Morgan fingerprint density at radius 3 is 2.87 bits per heavy atom. The fourth-order valence-corrected chi connectivity index (χ4v) is 4.14. The topological polar surface area (TPSA) is 91.4 Å². The van der Waals surface area contributed by atoms with Crippen molar-refractivity contribution in [1.29, 1.82) is 0 Å². The van der Waals surface area contributed by atoms with Gasteiger partial charge < -0.3 is 19.4 Å². The Labute approximate surface area is 180 Å². The first-order valence-corrected chi connectivity index (χ1v) is 10.7. The quantitative estimate of drug-likeness (QED) is 0.467. The van der Waals surface area contributed by atoms with Crippen LogP contribution in [0.3, 0.4) is 0 Å². The summed E-state index contributed by atoms with van der Waals surface area (Å²) in [6.45, 7) is 6.12. The maximum Gasteiger partial charge on any atom is 0.241 e. The minimum atomic E-state index is 0.353. The largest absolute Gasteiger partial charge is 0.383 e. The molecule has 31 heavy (non-hydrogen) atoms. The Morgan fingerprint density at radius 1 is 1.19 bits per heavy atom. The third-order valence-electron chi connectivity index (χ3n) is 5.83. The van der Waals surface area contributed by atoms with Crippen LogP contribution < -0.4 is 5.32 Å². The van der Waals surface area contributed by atoms with Crippen molar-refractivity contribution in [3.8, 4) is 11.3 Å². The summed E-state index contributed by atoms with van der Waals surface area (Å²) in [6, 6.07) is 6.40. The maximum atomic E-state index is 5.62. The minimum Gasteiger partial charge on any atom is -0.383 e. The standard InChI is InChI=1S/C22H27N7O2/c1-4-31-16-11-15(12-16)25-22-23-13-20-17(7-8-29(20)27-22)18-5-6-19-21(26-18)28(9-10-30-3)14(2)24-19/h5-8,13,15-16H,4,9-12H2,1-3H3,(H,25,27)/t15-,16-. The lowest BCUT2D eigenvalue weighted by molar-refractivity contribution is 0.00283. The molecule has 0 saturated heterocycles. The number of pyridine rings is 1. The van der Waals surface area contributed by atoms with Gasteiger partial charge in [0.1, 0.15) is 11.3 Å². The Balaban J connectivity index is 1.41. The Kier molecular flexibility index (Phi) is 5.29. The zero-order valence-corrected chi connectivity index (χ0v) is 18.1. The van der Waals surface area contributed by atoms with Gasteiger partial charge in [-0.1, -0.05) is 0 Å². The van der Waals surface area contributed by atoms with Gasteiger partial charge >= 0.3 is 0 Å². The number of ether oxygens (including phenoxy) is 2. The molecule has 0 aromatic carbocycles. The van der Waals surface area contributed by atoms with E-state index < -0.39 is 0 Å². The van der Waals surface area contributed by atoms with Gasteiger partial charge in [-0.25, -0.2) is 19.5 Å². The molecule has 0 atom stereocenters. The highest BCUT2D eigenvalue weighted by atomic mass is 16.5. The van der Waals surface area contributed by atoms with Gasteiger partial charge in [0.25, 0.3) is 0 Å². The predicted molar refractivity (Wildman–Crippen MR) is 118 cm³/mol. The molecule has 0 bridgehead atoms. The summed E-state index contributed by atoms with van der Waals surface area (Å²) in [4.78, 5) is 14.1. The molecule has 1 N–H and O–H groups in total. The van der Waals surface area contributed by atoms with Crippen molar-refractivity contribution >= 4 is 22.6 Å². The molecule has 4 aromatic heterocycles. The van der Waals surface area contributed by atoms with Gasteiger partial charge in [0.2, 0.25) is 5.95 Å². The van der Waals surface area contributed by atoms with Crippen molar-refractivity contribution < 1.29 is 9.47 Å². The Hall–Kier alpha value is -3.04. The fourth-order valence-electron chi connectivity index (χ4n) is 4.14. The van der Waals surface area contributed by atoms with Crippen LogP contribution in [0, 0.1) is 6.92 Å². The normalized spacial score (nSPS) is 18.5. The summed E-state index contributed by atoms with van der Waals surface area (Å²) in [5.41, 5.74) is 4.52. The molecule has 0 spiro atoms. The number of anilines is 1. The van der Waals surface area contributed by atoms with Crippen LogP contribution in [0.2, 0.25) is 0 Å². The molecule has 0 amide bonds. The van der Waals surface area contributed by atoms with Crippen molar-refractivity contribution in [1.82, 2.24) is 29.1 Å². The van der Waals surface area contributed by atoms with E-state index in [9.17, 15) is 0 Å². The van der Waals surface area contributed by atoms with Crippen LogP contribution >= 0.6 is 0 Å². The van der Waals surface area contributed by atoms with Crippen LogP contribution in [-0.2, 0) is 16.0 Å². The first kappa shape index (κ1) is 19.9. The van der Waals surface area contributed by atoms with Crippen molar-refractivity contribution in [2.45, 2.75) is 45.4 Å². The number of hydrogen-bond acceptors (Lipinski definition) is 7. The van der Waals surface area contributed by atoms with Crippen molar-refractivity contribution in [2.24, 2.45) is 0 Å². The lowest BCUT2D eigenvalue weighted by atomic mass is 9.89. The third kappa shape index (κ3) is 3.75. The average Bonchev–Trinajstić information content (AvgIpc) is 3.30. The third-order valence-corrected chi connectivity index (χ3v) is 5.83. The summed E-state index contributed by atoms with van der Waals surface area (Å²) >= 11 is 0. The molecule has 4 heterocycles. The van der Waals surface area contributed by atoms with Gasteiger partial charge in [0, 0.05) is 38.1 Å². The maximum absolute atomic E-state index is 5.62. The number of imidazole rings is 1. The van der Waals surface area contributed by atoms with Gasteiger partial charge in [-0.15, -0.1) is 5.10 Å². The van der Waals surface area contributed by atoms with Crippen LogP contribution in [0.15, 0.2) is 30.6 Å². The van der Waals surface area contributed by atoms with Crippen LogP contribution in [0.4, 0.5) is 5.95 Å². The van der Waals surface area contributed by atoms with Gasteiger partial charge in [-0.3, -0.25) is 0 Å². The lowest BCUT2D eigenvalue weighted by Crippen LogP contribution is -2.41.